The van der Waals surface area contributed by atoms with Gasteiger partial charge in [-0.05, 0) is 84.3 Å². The molecule has 1 aliphatic carbocycles. The standard InChI is InChI=1S/C23H21ClN2O3S/c24-20-3-6-22(7-4-20)30(28,29)26-21-5-8-23-18(13-21)11-17(12-19(23)15-27)10-16-2-1-9-25-14-16/h1-4,6-7,9,11-12,14-15,21,26H,5,8,10,13H2. The second-order valence-corrected chi connectivity index (χ2v) is 9.64. The Hall–Kier alpha value is -2.54. The molecule has 0 radical (unpaired) electrons. The Bertz CT molecular complexity index is 1160. The van der Waals surface area contributed by atoms with E-state index < -0.39 is 10.0 Å². The summed E-state index contributed by atoms with van der Waals surface area (Å²) in [5, 5.41) is 0.489. The maximum atomic E-state index is 12.7. The van der Waals surface area contributed by atoms with Crippen molar-refractivity contribution in [1.82, 2.24) is 9.71 Å². The molecule has 1 N–H and O–H groups in total. The molecule has 5 nitrogen and oxygen atoms in total. The minimum absolute atomic E-state index is 0.191. The van der Waals surface area contributed by atoms with Crippen LogP contribution in [0.4, 0.5) is 0 Å². The Balaban J connectivity index is 1.57. The second-order valence-electron chi connectivity index (χ2n) is 7.49. The largest absolute Gasteiger partial charge is 0.298 e. The first-order chi connectivity index (χ1) is 14.4. The Kier molecular flexibility index (Phi) is 5.99. The first-order valence-electron chi connectivity index (χ1n) is 9.71. The number of nitrogens with zero attached hydrogens (tertiary/aromatic N) is 1. The van der Waals surface area contributed by atoms with E-state index in [9.17, 15) is 13.2 Å². The van der Waals surface area contributed by atoms with Gasteiger partial charge in [0.2, 0.25) is 10.0 Å². The van der Waals surface area contributed by atoms with Gasteiger partial charge in [-0.2, -0.15) is 0 Å². The van der Waals surface area contributed by atoms with Crippen LogP contribution in [-0.2, 0) is 29.3 Å². The van der Waals surface area contributed by atoms with Crippen molar-refractivity contribution in [2.24, 2.45) is 0 Å². The summed E-state index contributed by atoms with van der Waals surface area (Å²) >= 11 is 5.86. The van der Waals surface area contributed by atoms with E-state index in [0.717, 1.165) is 28.5 Å². The molecule has 1 heterocycles. The molecular formula is C23H21ClN2O3S. The number of carbonyl (C=O) groups excluding carboxylic acids is 1. The number of sulfonamides is 1. The molecule has 0 aliphatic heterocycles. The summed E-state index contributed by atoms with van der Waals surface area (Å²) in [6, 6.07) is 13.8. The molecule has 1 atom stereocenters. The Morgan fingerprint density at radius 2 is 1.93 bits per heavy atom. The SMILES string of the molecule is O=Cc1cc(Cc2cccnc2)cc2c1CCC(NS(=O)(=O)c1ccc(Cl)cc1)C2. The zero-order valence-electron chi connectivity index (χ0n) is 16.2. The molecule has 7 heteroatoms. The highest BCUT2D eigenvalue weighted by Crippen LogP contribution is 2.28. The molecule has 0 saturated carbocycles. The summed E-state index contributed by atoms with van der Waals surface area (Å²) in [5.74, 6) is 0. The fourth-order valence-corrected chi connectivity index (χ4v) is 5.34. The van der Waals surface area contributed by atoms with Gasteiger partial charge in [0.05, 0.1) is 4.90 Å². The summed E-state index contributed by atoms with van der Waals surface area (Å²) < 4.78 is 28.3. The number of aldehydes is 1. The van der Waals surface area contributed by atoms with E-state index >= 15 is 0 Å². The number of hydrogen-bond donors (Lipinski definition) is 1. The van der Waals surface area contributed by atoms with Gasteiger partial charge in [0.1, 0.15) is 6.29 Å². The lowest BCUT2D eigenvalue weighted by molar-refractivity contribution is 0.112. The molecule has 1 aromatic heterocycles. The molecule has 0 fully saturated rings. The number of rotatable bonds is 6. The lowest BCUT2D eigenvalue weighted by Crippen LogP contribution is -2.39. The smallest absolute Gasteiger partial charge is 0.240 e. The van der Waals surface area contributed by atoms with Crippen molar-refractivity contribution >= 4 is 27.9 Å². The molecule has 0 amide bonds. The zero-order valence-corrected chi connectivity index (χ0v) is 17.8. The molecule has 2 aromatic carbocycles. The van der Waals surface area contributed by atoms with Gasteiger partial charge in [-0.1, -0.05) is 23.7 Å². The third-order valence-electron chi connectivity index (χ3n) is 5.35. The number of nitrogens with one attached hydrogen (secondary N) is 1. The maximum absolute atomic E-state index is 12.7. The van der Waals surface area contributed by atoms with Gasteiger partial charge in [0, 0.05) is 29.0 Å². The van der Waals surface area contributed by atoms with Gasteiger partial charge in [-0.15, -0.1) is 0 Å². The number of fused-ring (bicyclic) bond motifs is 1. The molecule has 0 spiro atoms. The molecule has 30 heavy (non-hydrogen) atoms. The molecule has 1 unspecified atom stereocenters. The number of carbonyl (C=O) groups is 1. The fourth-order valence-electron chi connectivity index (χ4n) is 3.95. The van der Waals surface area contributed by atoms with Gasteiger partial charge in [0.25, 0.3) is 0 Å². The van der Waals surface area contributed by atoms with Crippen LogP contribution in [0, 0.1) is 0 Å². The van der Waals surface area contributed by atoms with Crippen LogP contribution in [-0.4, -0.2) is 25.7 Å². The van der Waals surface area contributed by atoms with Crippen molar-refractivity contribution in [3.05, 3.63) is 93.8 Å². The monoisotopic (exact) mass is 440 g/mol. The normalized spacial score (nSPS) is 16.1. The van der Waals surface area contributed by atoms with Gasteiger partial charge in [0.15, 0.2) is 0 Å². The van der Waals surface area contributed by atoms with Crippen LogP contribution in [0.2, 0.25) is 5.02 Å². The first-order valence-corrected chi connectivity index (χ1v) is 11.6. The second kappa shape index (κ2) is 8.68. The Morgan fingerprint density at radius 1 is 1.13 bits per heavy atom. The number of aromatic nitrogens is 1. The highest BCUT2D eigenvalue weighted by molar-refractivity contribution is 7.89. The van der Waals surface area contributed by atoms with Crippen LogP contribution in [0.15, 0.2) is 65.8 Å². The van der Waals surface area contributed by atoms with E-state index in [1.807, 2.05) is 24.4 Å². The van der Waals surface area contributed by atoms with Gasteiger partial charge < -0.3 is 0 Å². The molecule has 1 aliphatic rings. The van der Waals surface area contributed by atoms with Crippen molar-refractivity contribution in [2.75, 3.05) is 0 Å². The Labute approximate surface area is 181 Å². The topological polar surface area (TPSA) is 76.1 Å². The summed E-state index contributed by atoms with van der Waals surface area (Å²) in [4.78, 5) is 16.0. The van der Waals surface area contributed by atoms with Crippen molar-refractivity contribution in [1.29, 1.82) is 0 Å². The summed E-state index contributed by atoms with van der Waals surface area (Å²) in [6.45, 7) is 0. The average molecular weight is 441 g/mol. The lowest BCUT2D eigenvalue weighted by atomic mass is 9.84. The van der Waals surface area contributed by atoms with Crippen molar-refractivity contribution in [3.63, 3.8) is 0 Å². The van der Waals surface area contributed by atoms with Crippen LogP contribution in [0.1, 0.15) is 39.0 Å². The summed E-state index contributed by atoms with van der Waals surface area (Å²) in [5.41, 5.74) is 4.80. The van der Waals surface area contributed by atoms with Gasteiger partial charge in [-0.3, -0.25) is 9.78 Å². The van der Waals surface area contributed by atoms with Crippen molar-refractivity contribution < 1.29 is 13.2 Å². The molecule has 4 rings (SSSR count). The van der Waals surface area contributed by atoms with E-state index in [-0.39, 0.29) is 10.9 Å². The Morgan fingerprint density at radius 3 is 2.63 bits per heavy atom. The number of pyridine rings is 1. The molecular weight excluding hydrogens is 420 g/mol. The van der Waals surface area contributed by atoms with Crippen molar-refractivity contribution in [2.45, 2.75) is 36.6 Å². The highest BCUT2D eigenvalue weighted by atomic mass is 35.5. The zero-order chi connectivity index (χ0) is 21.1. The van der Waals surface area contributed by atoms with Crippen LogP contribution in [0.25, 0.3) is 0 Å². The predicted molar refractivity (Wildman–Crippen MR) is 116 cm³/mol. The van der Waals surface area contributed by atoms with Crippen LogP contribution in [0.3, 0.4) is 0 Å². The van der Waals surface area contributed by atoms with Crippen molar-refractivity contribution in [3.8, 4) is 0 Å². The third-order valence-corrected chi connectivity index (χ3v) is 7.14. The number of hydrogen-bond acceptors (Lipinski definition) is 4. The highest BCUT2D eigenvalue weighted by Gasteiger charge is 2.26. The minimum Gasteiger partial charge on any atom is -0.298 e. The van der Waals surface area contributed by atoms with Crippen LogP contribution in [0.5, 0.6) is 0 Å². The molecule has 154 valence electrons. The van der Waals surface area contributed by atoms with Crippen LogP contribution < -0.4 is 4.72 Å². The quantitative estimate of drug-likeness (QED) is 0.588. The van der Waals surface area contributed by atoms with Crippen LogP contribution >= 0.6 is 11.6 Å². The number of halogens is 1. The summed E-state index contributed by atoms with van der Waals surface area (Å²) in [7, 11) is -3.64. The van der Waals surface area contributed by atoms with Gasteiger partial charge in [-0.25, -0.2) is 13.1 Å². The lowest BCUT2D eigenvalue weighted by Gasteiger charge is -2.27. The van der Waals surface area contributed by atoms with E-state index in [0.29, 0.717) is 36.3 Å². The molecule has 3 aromatic rings. The summed E-state index contributed by atoms with van der Waals surface area (Å²) in [6.07, 6.45) is 6.94. The van der Waals surface area contributed by atoms with Gasteiger partial charge >= 0.3 is 0 Å². The predicted octanol–water partition coefficient (Wildman–Crippen LogP) is 3.97. The first kappa shape index (κ1) is 20.7. The van der Waals surface area contributed by atoms with E-state index in [1.54, 1.807) is 18.3 Å². The third kappa shape index (κ3) is 4.61. The molecule has 0 saturated heterocycles. The minimum atomic E-state index is -3.64. The molecule has 0 bridgehead atoms. The fraction of sp³-hybridized carbons (Fsp3) is 0.217. The van der Waals surface area contributed by atoms with E-state index in [4.69, 9.17) is 11.6 Å². The van der Waals surface area contributed by atoms with E-state index in [2.05, 4.69) is 15.8 Å². The number of benzene rings is 2. The average Bonchev–Trinajstić information content (AvgIpc) is 2.73. The van der Waals surface area contributed by atoms with E-state index in [1.165, 1.54) is 12.1 Å². The maximum Gasteiger partial charge on any atom is 0.240 e.